The minimum Gasteiger partial charge on any atom is -0.228 e. The van der Waals surface area contributed by atoms with E-state index in [1.54, 1.807) is 11.8 Å². The Kier molecular flexibility index (Phi) is 5.01. The summed E-state index contributed by atoms with van der Waals surface area (Å²) in [6, 6.07) is 36.4. The molecule has 2 heterocycles. The summed E-state index contributed by atoms with van der Waals surface area (Å²) in [5.74, 6) is 1.41. The second-order valence-corrected chi connectivity index (χ2v) is 8.55. The molecule has 0 spiro atoms. The van der Waals surface area contributed by atoms with Gasteiger partial charge in [-0.2, -0.15) is 0 Å². The van der Waals surface area contributed by atoms with Gasteiger partial charge in [0.2, 0.25) is 0 Å². The summed E-state index contributed by atoms with van der Waals surface area (Å²) in [4.78, 5) is 19.6. The summed E-state index contributed by atoms with van der Waals surface area (Å²) < 4.78 is 0. The second-order valence-electron chi connectivity index (χ2n) is 7.57. The Morgan fingerprint density at radius 2 is 0.788 bits per heavy atom. The first-order valence-corrected chi connectivity index (χ1v) is 11.5. The molecular weight excluding hydrogens is 424 g/mol. The Morgan fingerprint density at radius 3 is 1.24 bits per heavy atom. The molecule has 6 aromatic rings. The predicted molar refractivity (Wildman–Crippen MR) is 134 cm³/mol. The van der Waals surface area contributed by atoms with Gasteiger partial charge in [-0.3, -0.25) is 0 Å². The lowest BCUT2D eigenvalue weighted by Crippen LogP contribution is -1.96. The summed E-state index contributed by atoms with van der Waals surface area (Å²) in [6.07, 6.45) is 0. The molecule has 0 saturated heterocycles. The molecular formula is C28H18N4S. The molecule has 0 N–H and O–H groups in total. The van der Waals surface area contributed by atoms with Gasteiger partial charge in [-0.25, -0.2) is 19.9 Å². The van der Waals surface area contributed by atoms with Gasteiger partial charge < -0.3 is 0 Å². The van der Waals surface area contributed by atoms with E-state index in [0.29, 0.717) is 11.6 Å². The zero-order chi connectivity index (χ0) is 22.0. The first-order chi connectivity index (χ1) is 16.3. The number of para-hydroxylation sites is 2. The lowest BCUT2D eigenvalue weighted by atomic mass is 10.2. The maximum Gasteiger partial charge on any atom is 0.161 e. The molecule has 0 aliphatic carbocycles. The number of aromatic nitrogens is 4. The van der Waals surface area contributed by atoms with Crippen molar-refractivity contribution in [3.8, 4) is 22.8 Å². The fourth-order valence-electron chi connectivity index (χ4n) is 3.77. The number of hydrogen-bond donors (Lipinski definition) is 0. The SMILES string of the molecule is c1ccc(-c2nc(Sc3nc(-c4ccccc4)nc4ccccc34)c3ccccc3n2)cc1. The largest absolute Gasteiger partial charge is 0.228 e. The number of fused-ring (bicyclic) bond motifs is 2. The molecule has 2 aromatic heterocycles. The summed E-state index contributed by atoms with van der Waals surface area (Å²) >= 11 is 1.56. The van der Waals surface area contributed by atoms with Crippen molar-refractivity contribution in [2.75, 3.05) is 0 Å². The van der Waals surface area contributed by atoms with Crippen molar-refractivity contribution >= 4 is 33.6 Å². The van der Waals surface area contributed by atoms with Crippen LogP contribution in [0.15, 0.2) is 119 Å². The molecule has 0 saturated carbocycles. The van der Waals surface area contributed by atoms with Gasteiger partial charge in [-0.05, 0) is 23.9 Å². The van der Waals surface area contributed by atoms with Gasteiger partial charge in [-0.15, -0.1) is 0 Å². The topological polar surface area (TPSA) is 51.6 Å². The zero-order valence-electron chi connectivity index (χ0n) is 17.6. The highest BCUT2D eigenvalue weighted by Gasteiger charge is 2.15. The van der Waals surface area contributed by atoms with Gasteiger partial charge in [0.1, 0.15) is 10.1 Å². The lowest BCUT2D eigenvalue weighted by Gasteiger charge is -2.11. The predicted octanol–water partition coefficient (Wildman–Crippen LogP) is 7.06. The van der Waals surface area contributed by atoms with E-state index in [0.717, 1.165) is 43.0 Å². The quantitative estimate of drug-likeness (QED) is 0.274. The second kappa shape index (κ2) is 8.45. The van der Waals surface area contributed by atoms with Crippen molar-refractivity contribution in [2.24, 2.45) is 0 Å². The Balaban J connectivity index is 1.55. The molecule has 6 rings (SSSR count). The van der Waals surface area contributed by atoms with Crippen molar-refractivity contribution in [1.82, 2.24) is 19.9 Å². The molecule has 0 bridgehead atoms. The van der Waals surface area contributed by atoms with E-state index in [2.05, 4.69) is 12.1 Å². The number of nitrogens with zero attached hydrogens (tertiary/aromatic N) is 4. The van der Waals surface area contributed by atoms with E-state index in [-0.39, 0.29) is 0 Å². The van der Waals surface area contributed by atoms with E-state index in [4.69, 9.17) is 19.9 Å². The van der Waals surface area contributed by atoms with Gasteiger partial charge in [-0.1, -0.05) is 97.1 Å². The summed E-state index contributed by atoms with van der Waals surface area (Å²) in [6.45, 7) is 0. The normalized spacial score (nSPS) is 11.2. The molecule has 0 radical (unpaired) electrons. The highest BCUT2D eigenvalue weighted by atomic mass is 32.2. The number of rotatable bonds is 4. The minimum atomic E-state index is 0.707. The monoisotopic (exact) mass is 442 g/mol. The Hall–Kier alpha value is -4.09. The standard InChI is InChI=1S/C28H18N4S/c1-3-11-19(12-4-1)25-29-23-17-9-7-15-21(23)27(31-25)33-28-22-16-8-10-18-24(22)30-26(32-28)20-13-5-2-6-14-20/h1-18H. The van der Waals surface area contributed by atoms with Crippen LogP contribution in [-0.4, -0.2) is 19.9 Å². The fourth-order valence-corrected chi connectivity index (χ4v) is 4.79. The van der Waals surface area contributed by atoms with Crippen LogP contribution in [0.4, 0.5) is 0 Å². The third kappa shape index (κ3) is 3.83. The van der Waals surface area contributed by atoms with E-state index in [1.165, 1.54) is 0 Å². The Labute approximate surface area is 195 Å². The summed E-state index contributed by atoms with van der Waals surface area (Å²) in [7, 11) is 0. The first-order valence-electron chi connectivity index (χ1n) is 10.7. The smallest absolute Gasteiger partial charge is 0.161 e. The minimum absolute atomic E-state index is 0.707. The van der Waals surface area contributed by atoms with Crippen LogP contribution in [0.5, 0.6) is 0 Å². The Morgan fingerprint density at radius 1 is 0.394 bits per heavy atom. The van der Waals surface area contributed by atoms with Crippen LogP contribution in [0.3, 0.4) is 0 Å². The number of hydrogen-bond acceptors (Lipinski definition) is 5. The molecule has 4 nitrogen and oxygen atoms in total. The molecule has 156 valence electrons. The van der Waals surface area contributed by atoms with Crippen molar-refractivity contribution in [3.05, 3.63) is 109 Å². The van der Waals surface area contributed by atoms with Crippen LogP contribution in [0, 0.1) is 0 Å². The van der Waals surface area contributed by atoms with Gasteiger partial charge in [0.05, 0.1) is 11.0 Å². The van der Waals surface area contributed by atoms with Gasteiger partial charge >= 0.3 is 0 Å². The maximum atomic E-state index is 4.97. The van der Waals surface area contributed by atoms with Crippen molar-refractivity contribution in [2.45, 2.75) is 10.1 Å². The van der Waals surface area contributed by atoms with Crippen LogP contribution in [-0.2, 0) is 0 Å². The molecule has 0 aliphatic heterocycles. The molecule has 0 atom stereocenters. The molecule has 5 heteroatoms. The molecule has 0 aliphatic rings. The van der Waals surface area contributed by atoms with Crippen molar-refractivity contribution < 1.29 is 0 Å². The van der Waals surface area contributed by atoms with Crippen LogP contribution in [0.25, 0.3) is 44.6 Å². The fraction of sp³-hybridized carbons (Fsp3) is 0. The average Bonchev–Trinajstić information content (AvgIpc) is 2.89. The van der Waals surface area contributed by atoms with E-state index in [1.807, 2.05) is 97.1 Å². The third-order valence-corrected chi connectivity index (χ3v) is 6.40. The Bertz CT molecular complexity index is 1460. The average molecular weight is 443 g/mol. The van der Waals surface area contributed by atoms with Crippen LogP contribution >= 0.6 is 11.8 Å². The molecule has 0 fully saturated rings. The summed E-state index contributed by atoms with van der Waals surface area (Å²) in [5.41, 5.74) is 3.80. The van der Waals surface area contributed by atoms with Crippen molar-refractivity contribution in [3.63, 3.8) is 0 Å². The van der Waals surface area contributed by atoms with Crippen LogP contribution < -0.4 is 0 Å². The zero-order valence-corrected chi connectivity index (χ0v) is 18.4. The maximum absolute atomic E-state index is 4.97. The van der Waals surface area contributed by atoms with Crippen molar-refractivity contribution in [1.29, 1.82) is 0 Å². The van der Waals surface area contributed by atoms with E-state index < -0.39 is 0 Å². The molecule has 33 heavy (non-hydrogen) atoms. The number of benzene rings is 4. The summed E-state index contributed by atoms with van der Waals surface area (Å²) in [5, 5.41) is 3.77. The van der Waals surface area contributed by atoms with E-state index >= 15 is 0 Å². The van der Waals surface area contributed by atoms with Gasteiger partial charge in [0.25, 0.3) is 0 Å². The van der Waals surface area contributed by atoms with Gasteiger partial charge in [0, 0.05) is 21.9 Å². The highest BCUT2D eigenvalue weighted by Crippen LogP contribution is 2.36. The van der Waals surface area contributed by atoms with Gasteiger partial charge in [0.15, 0.2) is 11.6 Å². The first kappa shape index (κ1) is 19.6. The molecule has 0 unspecified atom stereocenters. The molecule has 0 amide bonds. The highest BCUT2D eigenvalue weighted by molar-refractivity contribution is 7.99. The third-order valence-electron chi connectivity index (χ3n) is 5.39. The van der Waals surface area contributed by atoms with Crippen LogP contribution in [0.1, 0.15) is 0 Å². The molecule has 4 aromatic carbocycles. The lowest BCUT2D eigenvalue weighted by molar-refractivity contribution is 1.08. The van der Waals surface area contributed by atoms with E-state index in [9.17, 15) is 0 Å². The van der Waals surface area contributed by atoms with Crippen LogP contribution in [0.2, 0.25) is 0 Å².